The molecule has 0 radical (unpaired) electrons. The summed E-state index contributed by atoms with van der Waals surface area (Å²) in [6.45, 7) is 12.4. The zero-order valence-electron chi connectivity index (χ0n) is 16.9. The number of hydrogen-bond acceptors (Lipinski definition) is 4. The molecule has 0 aromatic heterocycles. The molecule has 1 fully saturated rings. The van der Waals surface area contributed by atoms with Crippen molar-refractivity contribution in [3.8, 4) is 5.75 Å². The van der Waals surface area contributed by atoms with Crippen LogP contribution < -0.4 is 0 Å². The Kier molecular flexibility index (Phi) is 6.00. The largest absolute Gasteiger partial charge is 0.507 e. The van der Waals surface area contributed by atoms with E-state index in [1.54, 1.807) is 0 Å². The fraction of sp³-hybridized carbons (Fsp3) is 0.524. The second-order valence-corrected chi connectivity index (χ2v) is 10.1. The smallest absolute Gasteiger partial charge is 0.323 e. The van der Waals surface area contributed by atoms with E-state index >= 15 is 0 Å². The van der Waals surface area contributed by atoms with Crippen LogP contribution in [0.4, 0.5) is 0 Å². The Balaban J connectivity index is 2.53. The third-order valence-electron chi connectivity index (χ3n) is 4.49. The molecular formula is C21H29NO4S. The van der Waals surface area contributed by atoms with Crippen molar-refractivity contribution in [2.45, 2.75) is 52.4 Å². The summed E-state index contributed by atoms with van der Waals surface area (Å²) in [5.74, 6) is -0.297. The first-order valence-electron chi connectivity index (χ1n) is 9.04. The van der Waals surface area contributed by atoms with Crippen LogP contribution in [0.15, 0.2) is 17.0 Å². The van der Waals surface area contributed by atoms with E-state index in [0.29, 0.717) is 23.0 Å². The molecule has 1 amide bonds. The van der Waals surface area contributed by atoms with Gasteiger partial charge >= 0.3 is 5.97 Å². The zero-order chi connectivity index (χ0) is 20.6. The minimum absolute atomic E-state index is 0.252. The lowest BCUT2D eigenvalue weighted by Crippen LogP contribution is -2.40. The molecule has 27 heavy (non-hydrogen) atoms. The van der Waals surface area contributed by atoms with Crippen LogP contribution in [0.2, 0.25) is 0 Å². The van der Waals surface area contributed by atoms with Crippen molar-refractivity contribution in [1.82, 2.24) is 4.90 Å². The quantitative estimate of drug-likeness (QED) is 0.762. The van der Waals surface area contributed by atoms with Gasteiger partial charge in [-0.3, -0.25) is 9.59 Å². The molecule has 2 N–H and O–H groups in total. The van der Waals surface area contributed by atoms with Crippen molar-refractivity contribution in [2.24, 2.45) is 0 Å². The molecule has 1 aromatic rings. The normalized spacial score (nSPS) is 17.5. The number of aliphatic carboxylic acids is 1. The lowest BCUT2D eigenvalue weighted by Gasteiger charge is -2.29. The number of phenols is 1. The van der Waals surface area contributed by atoms with Crippen LogP contribution in [0, 0.1) is 0 Å². The van der Waals surface area contributed by atoms with E-state index < -0.39 is 5.97 Å². The molecule has 1 saturated heterocycles. The molecule has 6 heteroatoms. The van der Waals surface area contributed by atoms with Crippen molar-refractivity contribution >= 4 is 29.7 Å². The molecule has 0 bridgehead atoms. The molecule has 0 saturated carbocycles. The average Bonchev–Trinajstić information content (AvgIpc) is 2.50. The number of phenolic OH excluding ortho intramolecular Hbond substituents is 1. The number of aromatic hydroxyl groups is 1. The van der Waals surface area contributed by atoms with Crippen LogP contribution in [-0.4, -0.2) is 45.8 Å². The molecule has 2 rings (SSSR count). The highest BCUT2D eigenvalue weighted by atomic mass is 32.2. The SMILES string of the molecule is CC(C)(C)c1cc(C=C2SCCN(CC(=O)O)C2=O)cc(C(C)(C)C)c1O. The Morgan fingerprint density at radius 1 is 1.15 bits per heavy atom. The molecule has 5 nitrogen and oxygen atoms in total. The zero-order valence-corrected chi connectivity index (χ0v) is 17.7. The van der Waals surface area contributed by atoms with Crippen LogP contribution in [0.25, 0.3) is 6.08 Å². The number of carbonyl (C=O) groups is 2. The maximum absolute atomic E-state index is 12.6. The van der Waals surface area contributed by atoms with Crippen molar-refractivity contribution in [1.29, 1.82) is 0 Å². The molecular weight excluding hydrogens is 362 g/mol. The second-order valence-electron chi connectivity index (χ2n) is 8.94. The molecule has 1 aromatic carbocycles. The standard InChI is InChI=1S/C21H29NO4S/c1-20(2,3)14-9-13(10-15(18(14)25)21(4,5)6)11-16-19(26)22(7-8-27-16)12-17(23)24/h9-11,25H,7-8,12H2,1-6H3,(H,23,24). The summed E-state index contributed by atoms with van der Waals surface area (Å²) in [7, 11) is 0. The van der Waals surface area contributed by atoms with Crippen molar-refractivity contribution in [3.05, 3.63) is 33.7 Å². The minimum Gasteiger partial charge on any atom is -0.507 e. The number of carbonyl (C=O) groups excluding carboxylic acids is 1. The van der Waals surface area contributed by atoms with E-state index in [2.05, 4.69) is 0 Å². The first kappa shape index (κ1) is 21.4. The van der Waals surface area contributed by atoms with E-state index in [0.717, 1.165) is 16.7 Å². The lowest BCUT2D eigenvalue weighted by atomic mass is 9.78. The predicted molar refractivity (Wildman–Crippen MR) is 110 cm³/mol. The molecule has 0 unspecified atom stereocenters. The molecule has 1 aliphatic heterocycles. The topological polar surface area (TPSA) is 77.8 Å². The Morgan fingerprint density at radius 2 is 1.67 bits per heavy atom. The van der Waals surface area contributed by atoms with Gasteiger partial charge in [0.2, 0.25) is 0 Å². The molecule has 0 atom stereocenters. The summed E-state index contributed by atoms with van der Waals surface area (Å²) in [5.41, 5.74) is 2.00. The first-order valence-corrected chi connectivity index (χ1v) is 10.0. The van der Waals surface area contributed by atoms with Gasteiger partial charge in [0.1, 0.15) is 12.3 Å². The summed E-state index contributed by atoms with van der Waals surface area (Å²) in [5, 5.41) is 19.8. The molecule has 1 aliphatic rings. The Morgan fingerprint density at radius 3 is 2.11 bits per heavy atom. The number of nitrogens with zero attached hydrogens (tertiary/aromatic N) is 1. The van der Waals surface area contributed by atoms with Crippen LogP contribution in [0.1, 0.15) is 58.2 Å². The van der Waals surface area contributed by atoms with Gasteiger partial charge in [-0.25, -0.2) is 0 Å². The van der Waals surface area contributed by atoms with Gasteiger partial charge in [-0.05, 0) is 34.6 Å². The number of hydrogen-bond donors (Lipinski definition) is 2. The number of thioether (sulfide) groups is 1. The second kappa shape index (κ2) is 7.58. The van der Waals surface area contributed by atoms with E-state index in [4.69, 9.17) is 5.11 Å². The average molecular weight is 392 g/mol. The van der Waals surface area contributed by atoms with Gasteiger partial charge in [0.25, 0.3) is 5.91 Å². The first-order chi connectivity index (χ1) is 12.3. The summed E-state index contributed by atoms with van der Waals surface area (Å²) in [4.78, 5) is 25.5. The summed E-state index contributed by atoms with van der Waals surface area (Å²) >= 11 is 1.44. The Hall–Kier alpha value is -1.95. The van der Waals surface area contributed by atoms with Gasteiger partial charge in [-0.2, -0.15) is 0 Å². The van der Waals surface area contributed by atoms with Gasteiger partial charge in [0.05, 0.1) is 4.91 Å². The number of rotatable bonds is 3. The number of carboxylic acids is 1. The Labute approximate surface area is 165 Å². The fourth-order valence-electron chi connectivity index (χ4n) is 3.04. The van der Waals surface area contributed by atoms with E-state index in [9.17, 15) is 14.7 Å². The van der Waals surface area contributed by atoms with Crippen molar-refractivity contribution < 1.29 is 19.8 Å². The third-order valence-corrected chi connectivity index (χ3v) is 5.48. The van der Waals surface area contributed by atoms with Gasteiger partial charge in [-0.15, -0.1) is 11.8 Å². The highest BCUT2D eigenvalue weighted by Gasteiger charge is 2.28. The highest BCUT2D eigenvalue weighted by molar-refractivity contribution is 8.04. The fourth-order valence-corrected chi connectivity index (χ4v) is 4.04. The summed E-state index contributed by atoms with van der Waals surface area (Å²) in [6, 6.07) is 3.84. The number of amides is 1. The van der Waals surface area contributed by atoms with Gasteiger partial charge in [0, 0.05) is 23.4 Å². The van der Waals surface area contributed by atoms with Gasteiger partial charge in [0.15, 0.2) is 0 Å². The van der Waals surface area contributed by atoms with Crippen LogP contribution in [0.3, 0.4) is 0 Å². The molecule has 0 aliphatic carbocycles. The number of benzene rings is 1. The van der Waals surface area contributed by atoms with Crippen LogP contribution in [0.5, 0.6) is 5.75 Å². The minimum atomic E-state index is -1.01. The van der Waals surface area contributed by atoms with Crippen molar-refractivity contribution in [3.63, 3.8) is 0 Å². The van der Waals surface area contributed by atoms with Crippen molar-refractivity contribution in [2.75, 3.05) is 18.8 Å². The summed E-state index contributed by atoms with van der Waals surface area (Å²) in [6.07, 6.45) is 1.81. The van der Waals surface area contributed by atoms with Gasteiger partial charge in [-0.1, -0.05) is 41.5 Å². The third kappa shape index (κ3) is 5.06. The van der Waals surface area contributed by atoms with E-state index in [-0.39, 0.29) is 23.3 Å². The maximum atomic E-state index is 12.6. The molecule has 1 heterocycles. The van der Waals surface area contributed by atoms with Crippen LogP contribution >= 0.6 is 11.8 Å². The maximum Gasteiger partial charge on any atom is 0.323 e. The van der Waals surface area contributed by atoms with Crippen LogP contribution in [-0.2, 0) is 20.4 Å². The van der Waals surface area contributed by atoms with E-state index in [1.165, 1.54) is 16.7 Å². The monoisotopic (exact) mass is 391 g/mol. The molecule has 0 spiro atoms. The summed E-state index contributed by atoms with van der Waals surface area (Å²) < 4.78 is 0. The predicted octanol–water partition coefficient (Wildman–Crippen LogP) is 3.99. The number of carboxylic acid groups (broad SMARTS) is 1. The molecule has 148 valence electrons. The lowest BCUT2D eigenvalue weighted by molar-refractivity contribution is -0.142. The highest BCUT2D eigenvalue weighted by Crippen LogP contribution is 2.40. The van der Waals surface area contributed by atoms with E-state index in [1.807, 2.05) is 59.8 Å². The van der Waals surface area contributed by atoms with Gasteiger partial charge < -0.3 is 15.1 Å². The Bertz CT molecular complexity index is 749.